The second kappa shape index (κ2) is 7.54. The molecule has 0 radical (unpaired) electrons. The summed E-state index contributed by atoms with van der Waals surface area (Å²) in [6.45, 7) is 2.04. The number of methoxy groups -OCH3 is 2. The Bertz CT molecular complexity index is 681. The SMILES string of the molecule is COc1cc(N)c(NC(=O)CCc2ccc(C)cc2)cc1OC. The number of carbonyl (C=O) groups is 1. The fourth-order valence-corrected chi connectivity index (χ4v) is 2.23. The molecule has 0 saturated heterocycles. The molecule has 0 aliphatic heterocycles. The van der Waals surface area contributed by atoms with Crippen molar-refractivity contribution in [3.8, 4) is 11.5 Å². The lowest BCUT2D eigenvalue weighted by Gasteiger charge is -2.13. The lowest BCUT2D eigenvalue weighted by atomic mass is 10.1. The predicted molar refractivity (Wildman–Crippen MR) is 92.1 cm³/mol. The number of anilines is 2. The van der Waals surface area contributed by atoms with Gasteiger partial charge in [0.15, 0.2) is 11.5 Å². The van der Waals surface area contributed by atoms with Crippen LogP contribution >= 0.6 is 0 Å². The van der Waals surface area contributed by atoms with Gasteiger partial charge in [0, 0.05) is 18.6 Å². The van der Waals surface area contributed by atoms with Crippen molar-refractivity contribution in [2.75, 3.05) is 25.3 Å². The summed E-state index contributed by atoms with van der Waals surface area (Å²) in [7, 11) is 3.08. The molecule has 0 spiro atoms. The highest BCUT2D eigenvalue weighted by atomic mass is 16.5. The minimum atomic E-state index is -0.0931. The van der Waals surface area contributed by atoms with E-state index >= 15 is 0 Å². The van der Waals surface area contributed by atoms with Crippen LogP contribution in [-0.2, 0) is 11.2 Å². The first kappa shape index (κ1) is 16.7. The van der Waals surface area contributed by atoms with Gasteiger partial charge in [-0.2, -0.15) is 0 Å². The van der Waals surface area contributed by atoms with E-state index < -0.39 is 0 Å². The summed E-state index contributed by atoms with van der Waals surface area (Å²) >= 11 is 0. The average Bonchev–Trinajstić information content (AvgIpc) is 2.55. The van der Waals surface area contributed by atoms with Crippen LogP contribution in [0.25, 0.3) is 0 Å². The summed E-state index contributed by atoms with van der Waals surface area (Å²) in [5.41, 5.74) is 9.24. The van der Waals surface area contributed by atoms with Gasteiger partial charge in [-0.15, -0.1) is 0 Å². The summed E-state index contributed by atoms with van der Waals surface area (Å²) in [5, 5.41) is 2.82. The average molecular weight is 314 g/mol. The number of hydrogen-bond donors (Lipinski definition) is 2. The maximum atomic E-state index is 12.1. The number of aryl methyl sites for hydroxylation is 2. The standard InChI is InChI=1S/C18H22N2O3/c1-12-4-6-13(7-5-12)8-9-18(21)20-15-11-17(23-3)16(22-2)10-14(15)19/h4-7,10-11H,8-9,19H2,1-3H3,(H,20,21). The largest absolute Gasteiger partial charge is 0.493 e. The summed E-state index contributed by atoms with van der Waals surface area (Å²) in [6.07, 6.45) is 1.07. The van der Waals surface area contributed by atoms with Gasteiger partial charge in [0.2, 0.25) is 5.91 Å². The van der Waals surface area contributed by atoms with Crippen LogP contribution in [0, 0.1) is 6.92 Å². The van der Waals surface area contributed by atoms with Crippen LogP contribution in [0.15, 0.2) is 36.4 Å². The number of nitrogens with two attached hydrogens (primary N) is 1. The van der Waals surface area contributed by atoms with Crippen LogP contribution < -0.4 is 20.5 Å². The zero-order valence-corrected chi connectivity index (χ0v) is 13.7. The zero-order chi connectivity index (χ0) is 16.8. The summed E-state index contributed by atoms with van der Waals surface area (Å²) in [5.74, 6) is 0.961. The fraction of sp³-hybridized carbons (Fsp3) is 0.278. The summed E-state index contributed by atoms with van der Waals surface area (Å²) in [4.78, 5) is 12.1. The second-order valence-electron chi connectivity index (χ2n) is 5.33. The van der Waals surface area contributed by atoms with Gasteiger partial charge < -0.3 is 20.5 Å². The molecular weight excluding hydrogens is 292 g/mol. The van der Waals surface area contributed by atoms with Gasteiger partial charge in [-0.05, 0) is 18.9 Å². The number of nitrogens with one attached hydrogen (secondary N) is 1. The molecular formula is C18H22N2O3. The first-order valence-electron chi connectivity index (χ1n) is 7.40. The molecule has 0 heterocycles. The van der Waals surface area contributed by atoms with Crippen molar-refractivity contribution in [2.24, 2.45) is 0 Å². The number of hydrogen-bond acceptors (Lipinski definition) is 4. The van der Waals surface area contributed by atoms with E-state index in [0.29, 0.717) is 35.7 Å². The van der Waals surface area contributed by atoms with Gasteiger partial charge >= 0.3 is 0 Å². The van der Waals surface area contributed by atoms with Crippen LogP contribution in [0.5, 0.6) is 11.5 Å². The highest BCUT2D eigenvalue weighted by Crippen LogP contribution is 2.34. The maximum Gasteiger partial charge on any atom is 0.224 e. The molecule has 0 aliphatic carbocycles. The quantitative estimate of drug-likeness (QED) is 0.803. The van der Waals surface area contributed by atoms with Gasteiger partial charge in [-0.25, -0.2) is 0 Å². The van der Waals surface area contributed by atoms with Crippen LogP contribution in [0.4, 0.5) is 11.4 Å². The Labute approximate surface area is 136 Å². The Kier molecular flexibility index (Phi) is 5.46. The van der Waals surface area contributed by atoms with E-state index in [1.54, 1.807) is 12.1 Å². The molecule has 0 saturated carbocycles. The predicted octanol–water partition coefficient (Wildman–Crippen LogP) is 3.17. The Morgan fingerprint density at radius 3 is 2.30 bits per heavy atom. The number of amides is 1. The molecule has 23 heavy (non-hydrogen) atoms. The first-order chi connectivity index (χ1) is 11.0. The molecule has 2 aromatic rings. The minimum Gasteiger partial charge on any atom is -0.493 e. The van der Waals surface area contributed by atoms with Gasteiger partial charge in [-0.3, -0.25) is 4.79 Å². The summed E-state index contributed by atoms with van der Waals surface area (Å²) < 4.78 is 10.4. The molecule has 2 rings (SSSR count). The van der Waals surface area contributed by atoms with E-state index in [0.717, 1.165) is 5.56 Å². The summed E-state index contributed by atoms with van der Waals surface area (Å²) in [6, 6.07) is 11.5. The van der Waals surface area contributed by atoms with Crippen molar-refractivity contribution < 1.29 is 14.3 Å². The number of benzene rings is 2. The minimum absolute atomic E-state index is 0.0931. The van der Waals surface area contributed by atoms with E-state index in [1.165, 1.54) is 19.8 Å². The van der Waals surface area contributed by atoms with Crippen molar-refractivity contribution >= 4 is 17.3 Å². The molecule has 0 aliphatic rings. The van der Waals surface area contributed by atoms with E-state index in [2.05, 4.69) is 5.32 Å². The maximum absolute atomic E-state index is 12.1. The molecule has 0 atom stereocenters. The van der Waals surface area contributed by atoms with Gasteiger partial charge in [0.25, 0.3) is 0 Å². The number of carbonyl (C=O) groups excluding carboxylic acids is 1. The van der Waals surface area contributed by atoms with Crippen LogP contribution in [0.1, 0.15) is 17.5 Å². The molecule has 0 aromatic heterocycles. The highest BCUT2D eigenvalue weighted by Gasteiger charge is 2.11. The molecule has 2 aromatic carbocycles. The van der Waals surface area contributed by atoms with Crippen molar-refractivity contribution in [3.05, 3.63) is 47.5 Å². The smallest absolute Gasteiger partial charge is 0.224 e. The molecule has 5 nitrogen and oxygen atoms in total. The Balaban J connectivity index is 2.01. The van der Waals surface area contributed by atoms with Crippen molar-refractivity contribution in [1.82, 2.24) is 0 Å². The van der Waals surface area contributed by atoms with Gasteiger partial charge in [0.05, 0.1) is 25.6 Å². The topological polar surface area (TPSA) is 73.6 Å². The number of rotatable bonds is 6. The zero-order valence-electron chi connectivity index (χ0n) is 13.7. The lowest BCUT2D eigenvalue weighted by molar-refractivity contribution is -0.116. The Morgan fingerprint density at radius 2 is 1.70 bits per heavy atom. The normalized spacial score (nSPS) is 10.2. The Morgan fingerprint density at radius 1 is 1.09 bits per heavy atom. The van der Waals surface area contributed by atoms with Crippen molar-refractivity contribution in [2.45, 2.75) is 19.8 Å². The van der Waals surface area contributed by atoms with Crippen LogP contribution in [0.2, 0.25) is 0 Å². The molecule has 0 bridgehead atoms. The molecule has 122 valence electrons. The van der Waals surface area contributed by atoms with E-state index in [4.69, 9.17) is 15.2 Å². The monoisotopic (exact) mass is 314 g/mol. The molecule has 5 heteroatoms. The second-order valence-corrected chi connectivity index (χ2v) is 5.33. The van der Waals surface area contributed by atoms with E-state index in [9.17, 15) is 4.79 Å². The Hall–Kier alpha value is -2.69. The lowest BCUT2D eigenvalue weighted by Crippen LogP contribution is -2.14. The molecule has 0 fully saturated rings. The third-order valence-corrected chi connectivity index (χ3v) is 3.59. The van der Waals surface area contributed by atoms with Crippen molar-refractivity contribution in [1.29, 1.82) is 0 Å². The van der Waals surface area contributed by atoms with Crippen LogP contribution in [-0.4, -0.2) is 20.1 Å². The number of nitrogen functional groups attached to an aromatic ring is 1. The molecule has 3 N–H and O–H groups in total. The fourth-order valence-electron chi connectivity index (χ4n) is 2.23. The molecule has 0 unspecified atom stereocenters. The van der Waals surface area contributed by atoms with Crippen LogP contribution in [0.3, 0.4) is 0 Å². The third kappa shape index (κ3) is 4.39. The van der Waals surface area contributed by atoms with Crippen molar-refractivity contribution in [3.63, 3.8) is 0 Å². The van der Waals surface area contributed by atoms with E-state index in [-0.39, 0.29) is 5.91 Å². The molecule has 1 amide bonds. The third-order valence-electron chi connectivity index (χ3n) is 3.59. The first-order valence-corrected chi connectivity index (χ1v) is 7.40. The van der Waals surface area contributed by atoms with Gasteiger partial charge in [0.1, 0.15) is 0 Å². The number of ether oxygens (including phenoxy) is 2. The van der Waals surface area contributed by atoms with Gasteiger partial charge in [-0.1, -0.05) is 29.8 Å². The highest BCUT2D eigenvalue weighted by molar-refractivity contribution is 5.94. The van der Waals surface area contributed by atoms with E-state index in [1.807, 2.05) is 31.2 Å².